The van der Waals surface area contributed by atoms with E-state index in [4.69, 9.17) is 9.47 Å². The van der Waals surface area contributed by atoms with Crippen molar-refractivity contribution in [2.45, 2.75) is 25.6 Å². The number of cyclic esters (lactones) is 1. The fourth-order valence-corrected chi connectivity index (χ4v) is 1.57. The Bertz CT molecular complexity index is 321. The Kier molecular flexibility index (Phi) is 3.35. The Morgan fingerprint density at radius 2 is 2.13 bits per heavy atom. The molecule has 1 aliphatic heterocycles. The molecule has 3 nitrogen and oxygen atoms in total. The van der Waals surface area contributed by atoms with Gasteiger partial charge >= 0.3 is 5.97 Å². The molecule has 1 aromatic carbocycles. The van der Waals surface area contributed by atoms with Crippen LogP contribution >= 0.6 is 0 Å². The molecule has 0 amide bonds. The summed E-state index contributed by atoms with van der Waals surface area (Å²) in [6, 6.07) is 10.1. The van der Waals surface area contributed by atoms with E-state index in [0.717, 1.165) is 6.42 Å². The molecule has 1 aromatic rings. The highest BCUT2D eigenvalue weighted by atomic mass is 16.7. The Morgan fingerprint density at radius 3 is 2.80 bits per heavy atom. The molecule has 1 heterocycles. The summed E-state index contributed by atoms with van der Waals surface area (Å²) in [4.78, 5) is 10.8. The Morgan fingerprint density at radius 1 is 1.33 bits per heavy atom. The van der Waals surface area contributed by atoms with Crippen LogP contribution in [0.15, 0.2) is 30.3 Å². The maximum Gasteiger partial charge on any atom is 0.308 e. The van der Waals surface area contributed by atoms with Crippen LogP contribution in [0, 0.1) is 0 Å². The standard InChI is InChI=1S/C12H14O3/c13-11-6-7-12(15-11)14-9-8-10-4-2-1-3-5-10/h1-5,12H,6-9H2. The fourth-order valence-electron chi connectivity index (χ4n) is 1.57. The number of rotatable bonds is 4. The van der Waals surface area contributed by atoms with Crippen LogP contribution in [0.4, 0.5) is 0 Å². The van der Waals surface area contributed by atoms with Gasteiger partial charge in [0.2, 0.25) is 6.29 Å². The molecule has 1 aliphatic rings. The van der Waals surface area contributed by atoms with Gasteiger partial charge in [0.1, 0.15) is 0 Å². The summed E-state index contributed by atoms with van der Waals surface area (Å²) in [5.74, 6) is -0.153. The van der Waals surface area contributed by atoms with Crippen molar-refractivity contribution in [1.29, 1.82) is 0 Å². The Balaban J connectivity index is 1.69. The molecule has 0 bridgehead atoms. The predicted molar refractivity (Wildman–Crippen MR) is 55.2 cm³/mol. The molecule has 0 spiro atoms. The van der Waals surface area contributed by atoms with Gasteiger partial charge in [0.05, 0.1) is 13.0 Å². The average Bonchev–Trinajstić information content (AvgIpc) is 2.66. The third-order valence-electron chi connectivity index (χ3n) is 2.38. The van der Waals surface area contributed by atoms with E-state index in [1.54, 1.807) is 0 Å². The number of carbonyl (C=O) groups is 1. The lowest BCUT2D eigenvalue weighted by atomic mass is 10.2. The molecule has 1 fully saturated rings. The first-order valence-corrected chi connectivity index (χ1v) is 5.19. The van der Waals surface area contributed by atoms with Gasteiger partial charge in [-0.2, -0.15) is 0 Å². The zero-order chi connectivity index (χ0) is 10.5. The van der Waals surface area contributed by atoms with Gasteiger partial charge in [-0.1, -0.05) is 30.3 Å². The molecule has 1 saturated heterocycles. The average molecular weight is 206 g/mol. The first-order valence-electron chi connectivity index (χ1n) is 5.19. The number of ether oxygens (including phenoxy) is 2. The van der Waals surface area contributed by atoms with Gasteiger partial charge in [-0.15, -0.1) is 0 Å². The summed E-state index contributed by atoms with van der Waals surface area (Å²) in [5.41, 5.74) is 1.24. The van der Waals surface area contributed by atoms with Crippen molar-refractivity contribution in [2.75, 3.05) is 6.61 Å². The van der Waals surface area contributed by atoms with Crippen LogP contribution in [-0.4, -0.2) is 18.9 Å². The summed E-state index contributed by atoms with van der Waals surface area (Å²) in [6.07, 6.45) is 1.71. The number of carbonyl (C=O) groups excluding carboxylic acids is 1. The summed E-state index contributed by atoms with van der Waals surface area (Å²) in [6.45, 7) is 0.599. The van der Waals surface area contributed by atoms with E-state index < -0.39 is 0 Å². The Labute approximate surface area is 89.0 Å². The quantitative estimate of drug-likeness (QED) is 0.706. The predicted octanol–water partition coefficient (Wildman–Crippen LogP) is 1.91. The minimum atomic E-state index is -0.318. The lowest BCUT2D eigenvalue weighted by Crippen LogP contribution is -2.13. The van der Waals surface area contributed by atoms with E-state index in [1.165, 1.54) is 5.56 Å². The van der Waals surface area contributed by atoms with Gasteiger partial charge in [-0.25, -0.2) is 0 Å². The summed E-state index contributed by atoms with van der Waals surface area (Å²) in [7, 11) is 0. The smallest absolute Gasteiger partial charge is 0.308 e. The largest absolute Gasteiger partial charge is 0.436 e. The molecule has 3 heteroatoms. The lowest BCUT2D eigenvalue weighted by Gasteiger charge is -2.10. The highest BCUT2D eigenvalue weighted by Gasteiger charge is 2.23. The molecule has 2 rings (SSSR count). The van der Waals surface area contributed by atoms with Gasteiger partial charge in [0.25, 0.3) is 0 Å². The SMILES string of the molecule is O=C1CCC(OCCc2ccccc2)O1. The van der Waals surface area contributed by atoms with E-state index >= 15 is 0 Å². The van der Waals surface area contributed by atoms with Crippen LogP contribution in [0.1, 0.15) is 18.4 Å². The highest BCUT2D eigenvalue weighted by molar-refractivity contribution is 5.71. The van der Waals surface area contributed by atoms with Gasteiger partial charge < -0.3 is 9.47 Å². The van der Waals surface area contributed by atoms with Crippen molar-refractivity contribution in [1.82, 2.24) is 0 Å². The Hall–Kier alpha value is -1.35. The van der Waals surface area contributed by atoms with Crippen LogP contribution in [0.2, 0.25) is 0 Å². The van der Waals surface area contributed by atoms with E-state index in [2.05, 4.69) is 12.1 Å². The highest BCUT2D eigenvalue weighted by Crippen LogP contribution is 2.14. The number of benzene rings is 1. The number of hydrogen-bond donors (Lipinski definition) is 0. The summed E-state index contributed by atoms with van der Waals surface area (Å²) in [5, 5.41) is 0. The molecule has 0 radical (unpaired) electrons. The molecule has 15 heavy (non-hydrogen) atoms. The zero-order valence-electron chi connectivity index (χ0n) is 8.52. The van der Waals surface area contributed by atoms with E-state index in [-0.39, 0.29) is 12.3 Å². The van der Waals surface area contributed by atoms with E-state index in [9.17, 15) is 4.79 Å². The maximum absolute atomic E-state index is 10.8. The zero-order valence-corrected chi connectivity index (χ0v) is 8.52. The van der Waals surface area contributed by atoms with E-state index in [0.29, 0.717) is 19.4 Å². The maximum atomic E-state index is 10.8. The molecule has 1 unspecified atom stereocenters. The van der Waals surface area contributed by atoms with Gasteiger partial charge in [-0.3, -0.25) is 4.79 Å². The minimum absolute atomic E-state index is 0.153. The number of hydrogen-bond acceptors (Lipinski definition) is 3. The number of esters is 1. The first kappa shape index (κ1) is 10.2. The second-order valence-electron chi connectivity index (χ2n) is 3.56. The molecule has 0 saturated carbocycles. The van der Waals surface area contributed by atoms with Crippen molar-refractivity contribution in [2.24, 2.45) is 0 Å². The molecule has 0 aliphatic carbocycles. The molecular formula is C12H14O3. The molecule has 1 atom stereocenters. The van der Waals surface area contributed by atoms with Crippen molar-refractivity contribution in [3.05, 3.63) is 35.9 Å². The van der Waals surface area contributed by atoms with E-state index in [1.807, 2.05) is 18.2 Å². The van der Waals surface area contributed by atoms with Crippen molar-refractivity contribution in [3.63, 3.8) is 0 Å². The molecular weight excluding hydrogens is 192 g/mol. The van der Waals surface area contributed by atoms with Gasteiger partial charge in [-0.05, 0) is 12.0 Å². The normalized spacial score (nSPS) is 20.3. The summed E-state index contributed by atoms with van der Waals surface area (Å²) < 4.78 is 10.4. The topological polar surface area (TPSA) is 35.5 Å². The second-order valence-corrected chi connectivity index (χ2v) is 3.56. The third-order valence-corrected chi connectivity index (χ3v) is 2.38. The molecule has 80 valence electrons. The van der Waals surface area contributed by atoms with Crippen LogP contribution in [-0.2, 0) is 20.7 Å². The molecule has 0 aromatic heterocycles. The first-order chi connectivity index (χ1) is 7.34. The van der Waals surface area contributed by atoms with Crippen molar-refractivity contribution in [3.8, 4) is 0 Å². The van der Waals surface area contributed by atoms with Crippen LogP contribution in [0.3, 0.4) is 0 Å². The summed E-state index contributed by atoms with van der Waals surface area (Å²) >= 11 is 0. The van der Waals surface area contributed by atoms with Crippen LogP contribution < -0.4 is 0 Å². The minimum Gasteiger partial charge on any atom is -0.436 e. The van der Waals surface area contributed by atoms with Crippen LogP contribution in [0.25, 0.3) is 0 Å². The van der Waals surface area contributed by atoms with Crippen molar-refractivity contribution < 1.29 is 14.3 Å². The monoisotopic (exact) mass is 206 g/mol. The lowest BCUT2D eigenvalue weighted by molar-refractivity contribution is -0.162. The van der Waals surface area contributed by atoms with Crippen LogP contribution in [0.5, 0.6) is 0 Å². The van der Waals surface area contributed by atoms with Gasteiger partial charge in [0.15, 0.2) is 0 Å². The fraction of sp³-hybridized carbons (Fsp3) is 0.417. The van der Waals surface area contributed by atoms with Crippen molar-refractivity contribution >= 4 is 5.97 Å². The second kappa shape index (κ2) is 4.94. The van der Waals surface area contributed by atoms with Gasteiger partial charge in [0, 0.05) is 6.42 Å². The molecule has 0 N–H and O–H groups in total. The third kappa shape index (κ3) is 3.06.